The number of aryl methyl sites for hydroxylation is 3. The van der Waals surface area contributed by atoms with Crippen molar-refractivity contribution in [1.29, 1.82) is 0 Å². The molecule has 0 spiro atoms. The normalized spacial score (nSPS) is 10.8. The van der Waals surface area contributed by atoms with Crippen LogP contribution >= 0.6 is 0 Å². The summed E-state index contributed by atoms with van der Waals surface area (Å²) in [6.07, 6.45) is 4.47. The third kappa shape index (κ3) is 5.36. The highest BCUT2D eigenvalue weighted by molar-refractivity contribution is 5.86. The van der Waals surface area contributed by atoms with Crippen molar-refractivity contribution in [2.45, 2.75) is 39.7 Å². The van der Waals surface area contributed by atoms with Crippen LogP contribution in [0.2, 0.25) is 0 Å². The van der Waals surface area contributed by atoms with Crippen LogP contribution in [0.15, 0.2) is 24.5 Å². The average molecular weight is 425 g/mol. The van der Waals surface area contributed by atoms with Crippen LogP contribution in [-0.4, -0.2) is 45.2 Å². The van der Waals surface area contributed by atoms with Gasteiger partial charge >= 0.3 is 0 Å². The second-order valence-electron chi connectivity index (χ2n) is 7.36. The SMILES string of the molecule is COc1nn(C)c2nc(C)c(CCC(=O)NCCC(=O)NCc3ccncc3)c(C)c12. The highest BCUT2D eigenvalue weighted by atomic mass is 16.5. The van der Waals surface area contributed by atoms with Gasteiger partial charge < -0.3 is 15.4 Å². The maximum Gasteiger partial charge on any atom is 0.242 e. The average Bonchev–Trinajstić information content (AvgIpc) is 3.08. The Balaban J connectivity index is 1.49. The molecular formula is C22H28N6O3. The van der Waals surface area contributed by atoms with Gasteiger partial charge in [-0.05, 0) is 49.1 Å². The Morgan fingerprint density at radius 1 is 1.10 bits per heavy atom. The number of methoxy groups -OCH3 is 1. The number of carbonyl (C=O) groups excluding carboxylic acids is 2. The van der Waals surface area contributed by atoms with E-state index in [1.807, 2.05) is 33.0 Å². The lowest BCUT2D eigenvalue weighted by atomic mass is 10.00. The molecule has 0 aliphatic heterocycles. The summed E-state index contributed by atoms with van der Waals surface area (Å²) < 4.78 is 7.08. The number of nitrogens with one attached hydrogen (secondary N) is 2. The first-order valence-corrected chi connectivity index (χ1v) is 10.2. The summed E-state index contributed by atoms with van der Waals surface area (Å²) in [5.74, 6) is 0.326. The van der Waals surface area contributed by atoms with Gasteiger partial charge in [-0.1, -0.05) is 0 Å². The smallest absolute Gasteiger partial charge is 0.242 e. The van der Waals surface area contributed by atoms with Crippen LogP contribution in [0.3, 0.4) is 0 Å². The fourth-order valence-corrected chi connectivity index (χ4v) is 3.54. The third-order valence-electron chi connectivity index (χ3n) is 5.23. The van der Waals surface area contributed by atoms with Gasteiger partial charge in [0.05, 0.1) is 12.5 Å². The Morgan fingerprint density at radius 2 is 1.81 bits per heavy atom. The fourth-order valence-electron chi connectivity index (χ4n) is 3.54. The summed E-state index contributed by atoms with van der Waals surface area (Å²) in [6, 6.07) is 3.69. The molecule has 0 atom stereocenters. The van der Waals surface area contributed by atoms with Crippen LogP contribution < -0.4 is 15.4 Å². The van der Waals surface area contributed by atoms with Gasteiger partial charge in [-0.2, -0.15) is 0 Å². The van der Waals surface area contributed by atoms with E-state index < -0.39 is 0 Å². The van der Waals surface area contributed by atoms with Gasteiger partial charge in [-0.15, -0.1) is 5.10 Å². The molecule has 2 amide bonds. The van der Waals surface area contributed by atoms with Crippen LogP contribution in [0.1, 0.15) is 35.2 Å². The summed E-state index contributed by atoms with van der Waals surface area (Å²) in [5, 5.41) is 10.9. The Hall–Kier alpha value is -3.49. The van der Waals surface area contributed by atoms with Gasteiger partial charge in [-0.25, -0.2) is 9.67 Å². The molecular weight excluding hydrogens is 396 g/mol. The molecule has 0 saturated carbocycles. The van der Waals surface area contributed by atoms with Crippen molar-refractivity contribution in [2.75, 3.05) is 13.7 Å². The largest absolute Gasteiger partial charge is 0.479 e. The number of hydrogen-bond acceptors (Lipinski definition) is 6. The van der Waals surface area contributed by atoms with Gasteiger partial charge in [0.15, 0.2) is 5.65 Å². The molecule has 31 heavy (non-hydrogen) atoms. The van der Waals surface area contributed by atoms with E-state index in [1.54, 1.807) is 24.2 Å². The molecule has 164 valence electrons. The molecule has 0 aliphatic rings. The van der Waals surface area contributed by atoms with Gasteiger partial charge in [0.25, 0.3) is 0 Å². The number of nitrogens with zero attached hydrogens (tertiary/aromatic N) is 4. The van der Waals surface area contributed by atoms with Crippen LogP contribution in [0.4, 0.5) is 0 Å². The minimum atomic E-state index is -0.109. The molecule has 0 unspecified atom stereocenters. The number of ether oxygens (including phenoxy) is 1. The lowest BCUT2D eigenvalue weighted by Crippen LogP contribution is -2.30. The molecule has 0 aliphatic carbocycles. The van der Waals surface area contributed by atoms with Crippen molar-refractivity contribution >= 4 is 22.8 Å². The van der Waals surface area contributed by atoms with E-state index in [9.17, 15) is 9.59 Å². The monoisotopic (exact) mass is 424 g/mol. The van der Waals surface area contributed by atoms with Crippen LogP contribution in [-0.2, 0) is 29.6 Å². The topological polar surface area (TPSA) is 111 Å². The number of hydrogen-bond donors (Lipinski definition) is 2. The van der Waals surface area contributed by atoms with E-state index in [1.165, 1.54) is 0 Å². The molecule has 0 aromatic carbocycles. The summed E-state index contributed by atoms with van der Waals surface area (Å²) in [5.41, 5.74) is 4.66. The van der Waals surface area contributed by atoms with Crippen LogP contribution in [0.5, 0.6) is 5.88 Å². The van der Waals surface area contributed by atoms with Gasteiger partial charge in [-0.3, -0.25) is 14.6 Å². The molecule has 0 fully saturated rings. The van der Waals surface area contributed by atoms with E-state index in [-0.39, 0.29) is 18.2 Å². The second kappa shape index (κ2) is 10.0. The zero-order valence-corrected chi connectivity index (χ0v) is 18.4. The van der Waals surface area contributed by atoms with Gasteiger partial charge in [0.1, 0.15) is 0 Å². The summed E-state index contributed by atoms with van der Waals surface area (Å²) >= 11 is 0. The maximum atomic E-state index is 12.3. The van der Waals surface area contributed by atoms with Crippen LogP contribution in [0.25, 0.3) is 11.0 Å². The molecule has 3 aromatic rings. The van der Waals surface area contributed by atoms with E-state index in [0.29, 0.717) is 31.8 Å². The molecule has 2 N–H and O–H groups in total. The minimum absolute atomic E-state index is 0.0982. The Bertz CT molecular complexity index is 1080. The van der Waals surface area contributed by atoms with Gasteiger partial charge in [0.2, 0.25) is 17.7 Å². The molecule has 3 heterocycles. The lowest BCUT2D eigenvalue weighted by molar-refractivity contribution is -0.122. The minimum Gasteiger partial charge on any atom is -0.479 e. The second-order valence-corrected chi connectivity index (χ2v) is 7.36. The Labute approximate surface area is 181 Å². The number of amides is 2. The first kappa shape index (κ1) is 22.2. The zero-order valence-electron chi connectivity index (χ0n) is 18.4. The highest BCUT2D eigenvalue weighted by Gasteiger charge is 2.18. The predicted octanol–water partition coefficient (Wildman–Crippen LogP) is 1.74. The van der Waals surface area contributed by atoms with Crippen molar-refractivity contribution in [3.63, 3.8) is 0 Å². The van der Waals surface area contributed by atoms with Gasteiger partial charge in [0, 0.05) is 51.1 Å². The van der Waals surface area contributed by atoms with E-state index in [4.69, 9.17) is 4.74 Å². The predicted molar refractivity (Wildman–Crippen MR) is 117 cm³/mol. The zero-order chi connectivity index (χ0) is 22.4. The number of pyridine rings is 2. The number of rotatable bonds is 9. The Kier molecular flexibility index (Phi) is 7.17. The third-order valence-corrected chi connectivity index (χ3v) is 5.23. The first-order chi connectivity index (χ1) is 14.9. The van der Waals surface area contributed by atoms with Crippen molar-refractivity contribution < 1.29 is 14.3 Å². The first-order valence-electron chi connectivity index (χ1n) is 10.2. The number of aromatic nitrogens is 4. The summed E-state index contributed by atoms with van der Waals surface area (Å²) in [7, 11) is 3.42. The van der Waals surface area contributed by atoms with E-state index in [2.05, 4.69) is 25.7 Å². The van der Waals surface area contributed by atoms with E-state index >= 15 is 0 Å². The number of fused-ring (bicyclic) bond motifs is 1. The summed E-state index contributed by atoms with van der Waals surface area (Å²) in [4.78, 5) is 32.8. The highest BCUT2D eigenvalue weighted by Crippen LogP contribution is 2.30. The molecule has 3 rings (SSSR count). The molecule has 9 nitrogen and oxygen atoms in total. The van der Waals surface area contributed by atoms with Crippen molar-refractivity contribution in [1.82, 2.24) is 30.4 Å². The van der Waals surface area contributed by atoms with Crippen LogP contribution in [0, 0.1) is 13.8 Å². The summed E-state index contributed by atoms with van der Waals surface area (Å²) in [6.45, 7) is 4.68. The fraction of sp³-hybridized carbons (Fsp3) is 0.409. The lowest BCUT2D eigenvalue weighted by Gasteiger charge is -2.11. The molecule has 0 saturated heterocycles. The van der Waals surface area contributed by atoms with Crippen molar-refractivity contribution in [2.24, 2.45) is 7.05 Å². The number of carbonyl (C=O) groups is 2. The molecule has 9 heteroatoms. The molecule has 3 aromatic heterocycles. The standard InChI is InChI=1S/C22H28N6O3/c1-14-17(15(2)26-21-20(14)22(31-4)27-28(21)3)5-6-18(29)24-12-9-19(30)25-13-16-7-10-23-11-8-16/h7-8,10-11H,5-6,9,12-13H2,1-4H3,(H,24,29)(H,25,30). The Morgan fingerprint density at radius 3 is 2.52 bits per heavy atom. The maximum absolute atomic E-state index is 12.3. The van der Waals surface area contributed by atoms with Crippen molar-refractivity contribution in [3.05, 3.63) is 46.9 Å². The molecule has 0 radical (unpaired) electrons. The quantitative estimate of drug-likeness (QED) is 0.541. The molecule has 0 bridgehead atoms. The van der Waals surface area contributed by atoms with E-state index in [0.717, 1.165) is 33.4 Å². The van der Waals surface area contributed by atoms with Crippen molar-refractivity contribution in [3.8, 4) is 5.88 Å².